The minimum Gasteiger partial charge on any atom is -0.300 e. The smallest absolute Gasteiger partial charge is 0.137 e. The van der Waals surface area contributed by atoms with E-state index in [2.05, 4.69) is 23.6 Å². The van der Waals surface area contributed by atoms with Crippen molar-refractivity contribution in [1.29, 1.82) is 0 Å². The van der Waals surface area contributed by atoms with E-state index in [9.17, 15) is 4.79 Å². The van der Waals surface area contributed by atoms with E-state index in [4.69, 9.17) is 0 Å². The van der Waals surface area contributed by atoms with Crippen LogP contribution in [0.5, 0.6) is 0 Å². The van der Waals surface area contributed by atoms with E-state index < -0.39 is 0 Å². The first-order valence-electron chi connectivity index (χ1n) is 8.12. The quantitative estimate of drug-likeness (QED) is 0.762. The lowest BCUT2D eigenvalue weighted by atomic mass is 9.74. The Hall–Kier alpha value is -0.410. The van der Waals surface area contributed by atoms with Crippen molar-refractivity contribution < 1.29 is 4.79 Å². The van der Waals surface area contributed by atoms with Gasteiger partial charge in [0, 0.05) is 44.6 Å². The molecule has 0 radical (unpaired) electrons. The van der Waals surface area contributed by atoms with Crippen LogP contribution in [0.3, 0.4) is 0 Å². The minimum atomic E-state index is 0.309. The fourth-order valence-electron chi connectivity index (χ4n) is 4.48. The highest BCUT2D eigenvalue weighted by Gasteiger charge is 2.36. The van der Waals surface area contributed by atoms with E-state index in [1.54, 1.807) is 0 Å². The highest BCUT2D eigenvalue weighted by Crippen LogP contribution is 2.32. The zero-order valence-corrected chi connectivity index (χ0v) is 12.5. The van der Waals surface area contributed by atoms with Gasteiger partial charge in [-0.25, -0.2) is 0 Å². The van der Waals surface area contributed by atoms with Crippen LogP contribution in [0.25, 0.3) is 0 Å². The second-order valence-electron chi connectivity index (χ2n) is 7.19. The van der Waals surface area contributed by atoms with Gasteiger partial charge in [-0.3, -0.25) is 14.6 Å². The molecule has 0 aromatic carbocycles. The second kappa shape index (κ2) is 5.53. The summed E-state index contributed by atoms with van der Waals surface area (Å²) in [6.07, 6.45) is 4.79. The molecule has 3 aliphatic rings. The molecule has 4 unspecified atom stereocenters. The molecule has 19 heavy (non-hydrogen) atoms. The zero-order valence-electron chi connectivity index (χ0n) is 12.5. The lowest BCUT2D eigenvalue weighted by Crippen LogP contribution is -2.52. The van der Waals surface area contributed by atoms with Crippen molar-refractivity contribution in [2.24, 2.45) is 17.8 Å². The number of ketones is 1. The molecular weight excluding hydrogens is 236 g/mol. The molecule has 0 N–H and O–H groups in total. The summed E-state index contributed by atoms with van der Waals surface area (Å²) < 4.78 is 0. The minimum absolute atomic E-state index is 0.309. The van der Waals surface area contributed by atoms with Crippen molar-refractivity contribution in [2.45, 2.75) is 45.6 Å². The van der Waals surface area contributed by atoms with Crippen molar-refractivity contribution in [3.05, 3.63) is 0 Å². The summed E-state index contributed by atoms with van der Waals surface area (Å²) in [5.41, 5.74) is 0. The van der Waals surface area contributed by atoms with Gasteiger partial charge in [0.25, 0.3) is 0 Å². The normalized spacial score (nSPS) is 41.5. The van der Waals surface area contributed by atoms with Gasteiger partial charge in [0.2, 0.25) is 0 Å². The van der Waals surface area contributed by atoms with Crippen LogP contribution in [-0.4, -0.2) is 54.3 Å². The fraction of sp³-hybridized carbons (Fsp3) is 0.938. The van der Waals surface area contributed by atoms with Gasteiger partial charge >= 0.3 is 0 Å². The van der Waals surface area contributed by atoms with E-state index in [1.807, 2.05) is 0 Å². The molecule has 0 aromatic rings. The van der Waals surface area contributed by atoms with Crippen LogP contribution in [-0.2, 0) is 4.79 Å². The Morgan fingerprint density at radius 3 is 2.84 bits per heavy atom. The summed E-state index contributed by atoms with van der Waals surface area (Å²) in [5.74, 6) is 2.02. The number of carbonyl (C=O) groups is 1. The Bertz CT molecular complexity index is 344. The largest absolute Gasteiger partial charge is 0.300 e. The predicted octanol–water partition coefficient (Wildman–Crippen LogP) is 2.02. The van der Waals surface area contributed by atoms with Crippen molar-refractivity contribution in [1.82, 2.24) is 9.80 Å². The van der Waals surface area contributed by atoms with Crippen LogP contribution in [0, 0.1) is 17.8 Å². The first-order chi connectivity index (χ1) is 9.13. The number of rotatable bonds is 2. The van der Waals surface area contributed by atoms with E-state index in [0.717, 1.165) is 19.0 Å². The van der Waals surface area contributed by atoms with Crippen LogP contribution in [0.4, 0.5) is 0 Å². The molecule has 0 amide bonds. The summed E-state index contributed by atoms with van der Waals surface area (Å²) in [4.78, 5) is 17.5. The van der Waals surface area contributed by atoms with Gasteiger partial charge < -0.3 is 0 Å². The number of fused-ring (bicyclic) bond motifs is 1. The van der Waals surface area contributed by atoms with Crippen LogP contribution < -0.4 is 0 Å². The predicted molar refractivity (Wildman–Crippen MR) is 77.1 cm³/mol. The van der Waals surface area contributed by atoms with Crippen LogP contribution in [0.1, 0.15) is 39.5 Å². The van der Waals surface area contributed by atoms with Crippen LogP contribution >= 0.6 is 0 Å². The maximum Gasteiger partial charge on any atom is 0.137 e. The summed E-state index contributed by atoms with van der Waals surface area (Å²) >= 11 is 0. The Morgan fingerprint density at radius 2 is 2.05 bits per heavy atom. The Morgan fingerprint density at radius 1 is 1.21 bits per heavy atom. The molecule has 0 bridgehead atoms. The van der Waals surface area contributed by atoms with Gasteiger partial charge in [-0.2, -0.15) is 0 Å². The zero-order chi connectivity index (χ0) is 13.4. The molecule has 0 spiro atoms. The summed E-state index contributed by atoms with van der Waals surface area (Å²) in [6, 6.07) is 0.779. The molecule has 2 aliphatic heterocycles. The first-order valence-corrected chi connectivity index (χ1v) is 8.12. The third-order valence-corrected chi connectivity index (χ3v) is 5.55. The number of nitrogens with zero attached hydrogens (tertiary/aromatic N) is 2. The number of carbonyl (C=O) groups excluding carboxylic acids is 1. The maximum absolute atomic E-state index is 12.3. The maximum atomic E-state index is 12.3. The third-order valence-electron chi connectivity index (χ3n) is 5.55. The molecule has 108 valence electrons. The molecule has 3 nitrogen and oxygen atoms in total. The van der Waals surface area contributed by atoms with Gasteiger partial charge in [0.15, 0.2) is 0 Å². The lowest BCUT2D eigenvalue weighted by Gasteiger charge is -2.41. The van der Waals surface area contributed by atoms with Gasteiger partial charge in [-0.15, -0.1) is 0 Å². The second-order valence-corrected chi connectivity index (χ2v) is 7.19. The molecule has 1 aliphatic carbocycles. The third kappa shape index (κ3) is 2.87. The molecule has 2 heterocycles. The Balaban J connectivity index is 1.57. The van der Waals surface area contributed by atoms with E-state index in [-0.39, 0.29) is 0 Å². The highest BCUT2D eigenvalue weighted by atomic mass is 16.1. The van der Waals surface area contributed by atoms with Crippen LogP contribution in [0.15, 0.2) is 0 Å². The Kier molecular flexibility index (Phi) is 3.95. The SMILES string of the molecule is CC1CC(=O)C(CN2CCN3CCCC3C2)C(C)C1. The van der Waals surface area contributed by atoms with E-state index in [0.29, 0.717) is 23.5 Å². The van der Waals surface area contributed by atoms with Crippen LogP contribution in [0.2, 0.25) is 0 Å². The van der Waals surface area contributed by atoms with E-state index in [1.165, 1.54) is 45.4 Å². The molecule has 0 aromatic heterocycles. The van der Waals surface area contributed by atoms with Gasteiger partial charge in [0.1, 0.15) is 5.78 Å². The molecular formula is C16H28N2O. The summed E-state index contributed by atoms with van der Waals surface area (Å²) in [7, 11) is 0. The monoisotopic (exact) mass is 264 g/mol. The van der Waals surface area contributed by atoms with Gasteiger partial charge in [-0.1, -0.05) is 13.8 Å². The molecule has 4 atom stereocenters. The average Bonchev–Trinajstić information content (AvgIpc) is 2.81. The number of Topliss-reactive ketones (excluding diaryl/α,β-unsaturated/α-hetero) is 1. The van der Waals surface area contributed by atoms with Crippen molar-refractivity contribution in [3.63, 3.8) is 0 Å². The first kappa shape index (κ1) is 13.6. The van der Waals surface area contributed by atoms with Crippen molar-refractivity contribution in [2.75, 3.05) is 32.7 Å². The van der Waals surface area contributed by atoms with Gasteiger partial charge in [-0.05, 0) is 37.6 Å². The van der Waals surface area contributed by atoms with E-state index >= 15 is 0 Å². The molecule has 1 saturated carbocycles. The highest BCUT2D eigenvalue weighted by molar-refractivity contribution is 5.82. The fourth-order valence-corrected chi connectivity index (χ4v) is 4.48. The van der Waals surface area contributed by atoms with Crippen molar-refractivity contribution >= 4 is 5.78 Å². The summed E-state index contributed by atoms with van der Waals surface area (Å²) in [5, 5.41) is 0. The Labute approximate surface area is 117 Å². The van der Waals surface area contributed by atoms with Crippen molar-refractivity contribution in [3.8, 4) is 0 Å². The molecule has 2 saturated heterocycles. The molecule has 3 fully saturated rings. The number of hydrogen-bond acceptors (Lipinski definition) is 3. The molecule has 3 heteroatoms. The topological polar surface area (TPSA) is 23.6 Å². The summed E-state index contributed by atoms with van der Waals surface area (Å²) in [6.45, 7) is 10.4. The number of hydrogen-bond donors (Lipinski definition) is 0. The number of piperazine rings is 1. The standard InChI is InChI=1S/C16H28N2O/c1-12-8-13(2)15(16(19)9-12)11-17-6-7-18-5-3-4-14(18)10-17/h12-15H,3-11H2,1-2H3. The molecule has 3 rings (SSSR count). The van der Waals surface area contributed by atoms with Gasteiger partial charge in [0.05, 0.1) is 0 Å². The average molecular weight is 264 g/mol. The lowest BCUT2D eigenvalue weighted by molar-refractivity contribution is -0.129.